The monoisotopic (exact) mass is 183 g/mol. The number of hydrogen-bond donors (Lipinski definition) is 2. The molecule has 2 N–H and O–H groups in total. The fraction of sp³-hybridized carbons (Fsp3) is 0. The lowest BCUT2D eigenvalue weighted by molar-refractivity contribution is 0.570. The molecular formula is C6H5N3O2S. The molecule has 0 saturated carbocycles. The predicted molar refractivity (Wildman–Crippen MR) is 43.3 cm³/mol. The van der Waals surface area contributed by atoms with E-state index in [9.17, 15) is 4.21 Å². The molecule has 0 radical (unpaired) electrons. The number of rotatable bonds is 2. The third-order valence-corrected chi connectivity index (χ3v) is 1.48. The average molecular weight is 183 g/mol. The summed E-state index contributed by atoms with van der Waals surface area (Å²) in [6, 6.07) is 4.91. The van der Waals surface area contributed by atoms with Crippen LogP contribution in [0.15, 0.2) is 18.3 Å². The van der Waals surface area contributed by atoms with Crippen LogP contribution in [0.4, 0.5) is 5.82 Å². The zero-order valence-electron chi connectivity index (χ0n) is 5.89. The van der Waals surface area contributed by atoms with Crippen molar-refractivity contribution < 1.29 is 8.76 Å². The molecule has 0 amide bonds. The summed E-state index contributed by atoms with van der Waals surface area (Å²) in [6.07, 6.45) is 1.43. The first-order valence-corrected chi connectivity index (χ1v) is 4.07. The van der Waals surface area contributed by atoms with E-state index in [1.165, 1.54) is 12.3 Å². The van der Waals surface area contributed by atoms with Gasteiger partial charge in [-0.3, -0.25) is 9.27 Å². The first-order chi connectivity index (χ1) is 5.74. The van der Waals surface area contributed by atoms with Crippen molar-refractivity contribution in [2.24, 2.45) is 0 Å². The van der Waals surface area contributed by atoms with Gasteiger partial charge in [0.2, 0.25) is 0 Å². The quantitative estimate of drug-likeness (QED) is 0.654. The number of aromatic nitrogens is 1. The minimum atomic E-state index is -2.19. The van der Waals surface area contributed by atoms with Crippen LogP contribution in [0.5, 0.6) is 0 Å². The number of anilines is 1. The number of pyridine rings is 1. The van der Waals surface area contributed by atoms with Crippen LogP contribution in [0.1, 0.15) is 5.56 Å². The van der Waals surface area contributed by atoms with Crippen molar-refractivity contribution in [3.05, 3.63) is 23.9 Å². The zero-order valence-corrected chi connectivity index (χ0v) is 6.71. The Morgan fingerprint density at radius 2 is 2.50 bits per heavy atom. The van der Waals surface area contributed by atoms with Crippen molar-refractivity contribution in [3.63, 3.8) is 0 Å². The Balaban J connectivity index is 2.99. The van der Waals surface area contributed by atoms with Crippen molar-refractivity contribution in [2.75, 3.05) is 4.72 Å². The maximum Gasteiger partial charge on any atom is 0.260 e. The van der Waals surface area contributed by atoms with E-state index in [4.69, 9.17) is 9.81 Å². The van der Waals surface area contributed by atoms with Crippen LogP contribution in [0.3, 0.4) is 0 Å². The SMILES string of the molecule is N#Cc1cccnc1NS(=O)O. The fourth-order valence-corrected chi connectivity index (χ4v) is 0.988. The summed E-state index contributed by atoms with van der Waals surface area (Å²) >= 11 is -2.19. The molecule has 1 aromatic heterocycles. The van der Waals surface area contributed by atoms with Gasteiger partial charge in [-0.15, -0.1) is 0 Å². The molecule has 5 nitrogen and oxygen atoms in total. The second kappa shape index (κ2) is 3.80. The third kappa shape index (κ3) is 2.02. The van der Waals surface area contributed by atoms with Crippen LogP contribution in [0.2, 0.25) is 0 Å². The van der Waals surface area contributed by atoms with Crippen LogP contribution in [-0.2, 0) is 11.3 Å². The number of nitrogens with zero attached hydrogens (tertiary/aromatic N) is 2. The molecule has 0 aliphatic heterocycles. The van der Waals surface area contributed by atoms with Crippen molar-refractivity contribution in [1.29, 1.82) is 5.26 Å². The fourth-order valence-electron chi connectivity index (χ4n) is 0.660. The van der Waals surface area contributed by atoms with E-state index in [0.29, 0.717) is 0 Å². The van der Waals surface area contributed by atoms with Gasteiger partial charge < -0.3 is 0 Å². The van der Waals surface area contributed by atoms with Gasteiger partial charge in [0.25, 0.3) is 11.3 Å². The van der Waals surface area contributed by atoms with Gasteiger partial charge in [-0.1, -0.05) is 0 Å². The maximum atomic E-state index is 10.3. The minimum absolute atomic E-state index is 0.112. The second-order valence-corrected chi connectivity index (χ2v) is 2.57. The topological polar surface area (TPSA) is 86.0 Å². The standard InChI is InChI=1S/C6H5N3O2S/c7-4-5-2-1-3-8-6(5)9-12(10)11/h1-3H,(H,8,9)(H,10,11). The molecule has 0 aromatic carbocycles. The highest BCUT2D eigenvalue weighted by atomic mass is 32.2. The van der Waals surface area contributed by atoms with E-state index in [1.807, 2.05) is 6.07 Å². The van der Waals surface area contributed by atoms with Crippen molar-refractivity contribution in [1.82, 2.24) is 4.98 Å². The second-order valence-electron chi connectivity index (χ2n) is 1.86. The van der Waals surface area contributed by atoms with E-state index in [1.54, 1.807) is 6.07 Å². The Morgan fingerprint density at radius 1 is 1.75 bits per heavy atom. The van der Waals surface area contributed by atoms with Crippen LogP contribution in [-0.4, -0.2) is 13.7 Å². The molecule has 1 aromatic rings. The summed E-state index contributed by atoms with van der Waals surface area (Å²) in [5.41, 5.74) is 0.236. The summed E-state index contributed by atoms with van der Waals surface area (Å²) in [6.45, 7) is 0. The van der Waals surface area contributed by atoms with Gasteiger partial charge >= 0.3 is 0 Å². The molecule has 1 unspecified atom stereocenters. The normalized spacial score (nSPS) is 11.7. The van der Waals surface area contributed by atoms with Gasteiger partial charge in [-0.25, -0.2) is 9.19 Å². The lowest BCUT2D eigenvalue weighted by Crippen LogP contribution is -2.05. The van der Waals surface area contributed by atoms with Crippen LogP contribution in [0, 0.1) is 11.3 Å². The highest BCUT2D eigenvalue weighted by molar-refractivity contribution is 7.80. The minimum Gasteiger partial charge on any atom is -0.289 e. The molecule has 62 valence electrons. The summed E-state index contributed by atoms with van der Waals surface area (Å²) in [4.78, 5) is 3.70. The molecule has 0 bridgehead atoms. The van der Waals surface area contributed by atoms with E-state index in [0.717, 1.165) is 0 Å². The van der Waals surface area contributed by atoms with Gasteiger partial charge in [0, 0.05) is 6.20 Å². The van der Waals surface area contributed by atoms with Gasteiger partial charge in [-0.2, -0.15) is 5.26 Å². The zero-order chi connectivity index (χ0) is 8.97. The van der Waals surface area contributed by atoms with E-state index < -0.39 is 11.3 Å². The largest absolute Gasteiger partial charge is 0.289 e. The third-order valence-electron chi connectivity index (χ3n) is 1.11. The molecule has 0 spiro atoms. The molecule has 12 heavy (non-hydrogen) atoms. The molecule has 0 aliphatic carbocycles. The summed E-state index contributed by atoms with van der Waals surface area (Å²) in [5.74, 6) is 0.112. The molecule has 0 saturated heterocycles. The Kier molecular flexibility index (Phi) is 2.74. The molecule has 0 aliphatic rings. The van der Waals surface area contributed by atoms with Gasteiger partial charge in [-0.05, 0) is 12.1 Å². The van der Waals surface area contributed by atoms with Crippen LogP contribution >= 0.6 is 0 Å². The number of nitrogens with one attached hydrogen (secondary N) is 1. The lowest BCUT2D eigenvalue weighted by Gasteiger charge is -1.99. The molecule has 1 rings (SSSR count). The number of nitriles is 1. The number of hydrogen-bond acceptors (Lipinski definition) is 3. The summed E-state index contributed by atoms with van der Waals surface area (Å²) in [5, 5.41) is 8.52. The summed E-state index contributed by atoms with van der Waals surface area (Å²) < 4.78 is 20.8. The Labute approximate surface area is 71.5 Å². The van der Waals surface area contributed by atoms with Crippen molar-refractivity contribution >= 4 is 17.1 Å². The van der Waals surface area contributed by atoms with Crippen molar-refractivity contribution in [2.45, 2.75) is 0 Å². The van der Waals surface area contributed by atoms with Gasteiger partial charge in [0.05, 0.1) is 5.56 Å². The molecule has 0 fully saturated rings. The van der Waals surface area contributed by atoms with E-state index in [-0.39, 0.29) is 11.4 Å². The van der Waals surface area contributed by atoms with Crippen molar-refractivity contribution in [3.8, 4) is 6.07 Å². The highest BCUT2D eigenvalue weighted by Gasteiger charge is 2.02. The van der Waals surface area contributed by atoms with Crippen LogP contribution in [0.25, 0.3) is 0 Å². The Morgan fingerprint density at radius 3 is 3.08 bits per heavy atom. The van der Waals surface area contributed by atoms with Gasteiger partial charge in [0.1, 0.15) is 6.07 Å². The Hall–Kier alpha value is -1.45. The van der Waals surface area contributed by atoms with Crippen LogP contribution < -0.4 is 4.72 Å². The smallest absolute Gasteiger partial charge is 0.260 e. The molecular weight excluding hydrogens is 178 g/mol. The van der Waals surface area contributed by atoms with Gasteiger partial charge in [0.15, 0.2) is 5.82 Å². The molecule has 1 heterocycles. The highest BCUT2D eigenvalue weighted by Crippen LogP contribution is 2.09. The average Bonchev–Trinajstić information content (AvgIpc) is 2.04. The lowest BCUT2D eigenvalue weighted by atomic mass is 10.3. The predicted octanol–water partition coefficient (Wildman–Crippen LogP) is 0.502. The van der Waals surface area contributed by atoms with E-state index >= 15 is 0 Å². The maximum absolute atomic E-state index is 10.3. The molecule has 1 atom stereocenters. The Bertz CT molecular complexity index is 347. The summed E-state index contributed by atoms with van der Waals surface area (Å²) in [7, 11) is 0. The van der Waals surface area contributed by atoms with E-state index in [2.05, 4.69) is 9.71 Å². The molecule has 6 heteroatoms. The first kappa shape index (κ1) is 8.64. The first-order valence-electron chi connectivity index (χ1n) is 2.96.